The molecule has 0 fully saturated rings. The van der Waals surface area contributed by atoms with E-state index in [0.717, 1.165) is 22.5 Å². The Labute approximate surface area is 229 Å². The summed E-state index contributed by atoms with van der Waals surface area (Å²) in [6.45, 7) is 0. The van der Waals surface area contributed by atoms with Crippen LogP contribution in [0.1, 0.15) is 11.1 Å². The quantitative estimate of drug-likeness (QED) is 0.125. The predicted octanol–water partition coefficient (Wildman–Crippen LogP) is 4.84. The molecule has 6 N–H and O–H groups in total. The van der Waals surface area contributed by atoms with Gasteiger partial charge >= 0.3 is 0 Å². The van der Waals surface area contributed by atoms with E-state index in [1.807, 2.05) is 12.1 Å². The third-order valence-corrected chi connectivity index (χ3v) is 5.08. The lowest BCUT2D eigenvalue weighted by Gasteiger charge is -2.02. The van der Waals surface area contributed by atoms with E-state index in [-0.39, 0.29) is 23.6 Å². The van der Waals surface area contributed by atoms with Gasteiger partial charge in [0.1, 0.15) is 11.5 Å². The maximum Gasteiger partial charge on any atom is 0.292 e. The maximum atomic E-state index is 11.9. The van der Waals surface area contributed by atoms with Crippen molar-refractivity contribution in [1.29, 1.82) is 5.26 Å². The summed E-state index contributed by atoms with van der Waals surface area (Å²) in [5, 5.41) is 28.8. The Kier molecular flexibility index (Phi) is 11.6. The molecular weight excluding hydrogens is 516 g/mol. The average Bonchev–Trinajstić information content (AvgIpc) is 2.93. The molecule has 0 radical (unpaired) electrons. The predicted molar refractivity (Wildman–Crippen MR) is 151 cm³/mol. The summed E-state index contributed by atoms with van der Waals surface area (Å²) in [5.41, 5.74) is 20.2. The van der Waals surface area contributed by atoms with E-state index in [9.17, 15) is 25.0 Å². The van der Waals surface area contributed by atoms with Gasteiger partial charge in [0.25, 0.3) is 17.6 Å². The number of benzene rings is 4. The summed E-state index contributed by atoms with van der Waals surface area (Å²) in [6, 6.07) is 25.6. The SMILES string of the molecule is N#COc1ccc([N+](=O)[O-])cc1.Nc1ccc(CC(=O)Cc2ccc([N+](=O)[O-])cc2)cc1.Nc1ccc(N)cc1. The molecule has 0 aliphatic carbocycles. The largest absolute Gasteiger partial charge is 0.399 e. The monoisotopic (exact) mass is 542 g/mol. The van der Waals surface area contributed by atoms with Gasteiger partial charge in [-0.1, -0.05) is 24.3 Å². The number of rotatable bonds is 7. The van der Waals surface area contributed by atoms with Crippen molar-refractivity contribution in [2.24, 2.45) is 0 Å². The summed E-state index contributed by atoms with van der Waals surface area (Å²) in [6.07, 6.45) is 2.06. The molecule has 12 heteroatoms. The lowest BCUT2D eigenvalue weighted by atomic mass is 10.0. The second kappa shape index (κ2) is 15.3. The van der Waals surface area contributed by atoms with Gasteiger partial charge in [-0.3, -0.25) is 25.0 Å². The summed E-state index contributed by atoms with van der Waals surface area (Å²) >= 11 is 0. The Morgan fingerprint density at radius 3 is 1.32 bits per heavy atom. The normalized spacial score (nSPS) is 9.47. The molecule has 0 unspecified atom stereocenters. The lowest BCUT2D eigenvalue weighted by Crippen LogP contribution is -2.06. The molecule has 4 aromatic carbocycles. The van der Waals surface area contributed by atoms with Crippen LogP contribution in [0.5, 0.6) is 5.75 Å². The molecule has 4 aromatic rings. The Morgan fingerprint density at radius 2 is 0.975 bits per heavy atom. The van der Waals surface area contributed by atoms with E-state index in [1.165, 1.54) is 42.7 Å². The van der Waals surface area contributed by atoms with Gasteiger partial charge in [-0.25, -0.2) is 0 Å². The van der Waals surface area contributed by atoms with E-state index >= 15 is 0 Å². The first-order chi connectivity index (χ1) is 19.1. The molecule has 40 heavy (non-hydrogen) atoms. The van der Waals surface area contributed by atoms with Crippen LogP contribution in [-0.4, -0.2) is 15.6 Å². The van der Waals surface area contributed by atoms with Gasteiger partial charge in [0, 0.05) is 54.2 Å². The smallest absolute Gasteiger partial charge is 0.292 e. The van der Waals surface area contributed by atoms with Crippen LogP contribution in [0, 0.1) is 31.7 Å². The Hall–Kier alpha value is -5.96. The maximum absolute atomic E-state index is 11.9. The molecule has 4 rings (SSSR count). The van der Waals surface area contributed by atoms with Crippen LogP contribution in [-0.2, 0) is 17.6 Å². The number of nitrogens with zero attached hydrogens (tertiary/aromatic N) is 3. The van der Waals surface area contributed by atoms with Crippen LogP contribution in [0.15, 0.2) is 97.1 Å². The minimum absolute atomic E-state index is 0.0275. The van der Waals surface area contributed by atoms with Crippen molar-refractivity contribution in [2.45, 2.75) is 12.8 Å². The fourth-order valence-corrected chi connectivity index (χ4v) is 3.07. The van der Waals surface area contributed by atoms with E-state index in [2.05, 4.69) is 4.74 Å². The number of nitriles is 1. The van der Waals surface area contributed by atoms with Crippen LogP contribution >= 0.6 is 0 Å². The zero-order chi connectivity index (χ0) is 29.5. The number of nitrogens with two attached hydrogens (primary N) is 3. The van der Waals surface area contributed by atoms with E-state index in [1.54, 1.807) is 48.5 Å². The topological polar surface area (TPSA) is 214 Å². The zero-order valence-electron chi connectivity index (χ0n) is 21.2. The molecule has 0 aromatic heterocycles. The highest BCUT2D eigenvalue weighted by molar-refractivity contribution is 5.83. The number of carbonyl (C=O) groups excluding carboxylic acids is 1. The van der Waals surface area contributed by atoms with E-state index < -0.39 is 9.85 Å². The highest BCUT2D eigenvalue weighted by Gasteiger charge is 2.08. The molecule has 0 heterocycles. The number of carbonyl (C=O) groups is 1. The fourth-order valence-electron chi connectivity index (χ4n) is 3.07. The molecule has 204 valence electrons. The molecule has 0 bridgehead atoms. The summed E-state index contributed by atoms with van der Waals surface area (Å²) in [4.78, 5) is 31.6. The Balaban J connectivity index is 0.000000236. The van der Waals surface area contributed by atoms with E-state index in [0.29, 0.717) is 17.9 Å². The number of Topliss-reactive ketones (excluding diaryl/α,β-unsaturated/α-hetero) is 1. The molecular formula is C28H26N6O6. The van der Waals surface area contributed by atoms with Gasteiger partial charge in [0.05, 0.1) is 9.85 Å². The second-order valence-electron chi connectivity index (χ2n) is 8.17. The minimum Gasteiger partial charge on any atom is -0.399 e. The van der Waals surface area contributed by atoms with E-state index in [4.69, 9.17) is 22.5 Å². The van der Waals surface area contributed by atoms with Gasteiger partial charge in [-0.05, 0) is 59.7 Å². The van der Waals surface area contributed by atoms with Crippen LogP contribution in [0.25, 0.3) is 0 Å². The van der Waals surface area contributed by atoms with Crippen molar-refractivity contribution < 1.29 is 19.4 Å². The van der Waals surface area contributed by atoms with Gasteiger partial charge < -0.3 is 21.9 Å². The molecule has 12 nitrogen and oxygen atoms in total. The summed E-state index contributed by atoms with van der Waals surface area (Å²) in [5.74, 6) is 0.353. The molecule has 0 aliphatic heterocycles. The number of hydrogen-bond donors (Lipinski definition) is 3. The highest BCUT2D eigenvalue weighted by atomic mass is 16.6. The number of nitro groups is 2. The Morgan fingerprint density at radius 1 is 0.650 bits per heavy atom. The van der Waals surface area contributed by atoms with Crippen molar-refractivity contribution in [3.05, 3.63) is 128 Å². The van der Waals surface area contributed by atoms with Crippen LogP contribution < -0.4 is 21.9 Å². The fraction of sp³-hybridized carbons (Fsp3) is 0.0714. The van der Waals surface area contributed by atoms with Crippen molar-refractivity contribution in [3.8, 4) is 12.0 Å². The number of ketones is 1. The average molecular weight is 543 g/mol. The number of nitrogen functional groups attached to an aromatic ring is 3. The van der Waals surface area contributed by atoms with Crippen LogP contribution in [0.3, 0.4) is 0 Å². The van der Waals surface area contributed by atoms with Crippen molar-refractivity contribution in [1.82, 2.24) is 0 Å². The minimum atomic E-state index is -0.518. The Bertz CT molecular complexity index is 1430. The third-order valence-electron chi connectivity index (χ3n) is 5.08. The third kappa shape index (κ3) is 11.0. The van der Waals surface area contributed by atoms with Crippen LogP contribution in [0.2, 0.25) is 0 Å². The van der Waals surface area contributed by atoms with Crippen molar-refractivity contribution in [3.63, 3.8) is 0 Å². The van der Waals surface area contributed by atoms with Gasteiger partial charge in [-0.2, -0.15) is 0 Å². The first-order valence-electron chi connectivity index (χ1n) is 11.6. The number of hydrogen-bond acceptors (Lipinski definition) is 10. The molecule has 0 saturated carbocycles. The van der Waals surface area contributed by atoms with Gasteiger partial charge in [-0.15, -0.1) is 5.26 Å². The molecule has 0 atom stereocenters. The molecule has 0 spiro atoms. The molecule has 0 saturated heterocycles. The van der Waals surface area contributed by atoms with Gasteiger partial charge in [0.15, 0.2) is 0 Å². The standard InChI is InChI=1S/C15H14N2O3.C7H4N2O3.C6H8N2/c16-13-5-1-11(2-6-13)9-15(18)10-12-3-7-14(8-4-12)17(19)20;8-5-12-7-3-1-6(2-4-7)9(10)11;7-5-1-2-6(8)4-3-5/h1-8H,9-10,16H2;1-4H;1-4H,7-8H2. The number of ether oxygens (including phenoxy) is 1. The number of anilines is 3. The van der Waals surface area contributed by atoms with Crippen LogP contribution in [0.4, 0.5) is 28.4 Å². The summed E-state index contributed by atoms with van der Waals surface area (Å²) in [7, 11) is 0. The molecule has 0 aliphatic rings. The second-order valence-corrected chi connectivity index (χ2v) is 8.17. The number of non-ortho nitro benzene ring substituents is 2. The lowest BCUT2D eigenvalue weighted by molar-refractivity contribution is -0.385. The van der Waals surface area contributed by atoms with Crippen molar-refractivity contribution in [2.75, 3.05) is 17.2 Å². The first-order valence-corrected chi connectivity index (χ1v) is 11.6. The highest BCUT2D eigenvalue weighted by Crippen LogP contribution is 2.17. The number of nitro benzene ring substituents is 2. The van der Waals surface area contributed by atoms with Crippen molar-refractivity contribution >= 4 is 34.2 Å². The molecule has 0 amide bonds. The summed E-state index contributed by atoms with van der Waals surface area (Å²) < 4.78 is 4.42. The first kappa shape index (κ1) is 30.3. The van der Waals surface area contributed by atoms with Gasteiger partial charge in [0.2, 0.25) is 0 Å². The zero-order valence-corrected chi connectivity index (χ0v) is 21.2.